The van der Waals surface area contributed by atoms with Crippen LogP contribution < -0.4 is 5.32 Å². The Morgan fingerprint density at radius 3 is 2.64 bits per heavy atom. The maximum atomic E-state index is 12.4. The molecule has 0 aliphatic heterocycles. The molecule has 0 saturated heterocycles. The van der Waals surface area contributed by atoms with Gasteiger partial charge in [0.15, 0.2) is 0 Å². The second-order valence-corrected chi connectivity index (χ2v) is 4.93. The first-order valence-corrected chi connectivity index (χ1v) is 7.42. The quantitative estimate of drug-likeness (QED) is 0.682. The average molecular weight is 308 g/mol. The van der Waals surface area contributed by atoms with Crippen molar-refractivity contribution in [2.24, 2.45) is 0 Å². The smallest absolute Gasteiger partial charge is 0.274 e. The Kier molecular flexibility index (Phi) is 8.06. The standard InChI is InChI=1S/C15H24N4O3/c1-4-7-19(8-5-14(20)16-6-9-22-3)15(21)13-11-17-12(2)10-18-13/h10-11H,4-9H2,1-3H3,(H,16,20). The lowest BCUT2D eigenvalue weighted by atomic mass is 10.3. The van der Waals surface area contributed by atoms with Gasteiger partial charge in [0.05, 0.1) is 18.5 Å². The molecule has 22 heavy (non-hydrogen) atoms. The molecule has 1 aromatic heterocycles. The number of aryl methyl sites for hydroxylation is 1. The molecule has 1 rings (SSSR count). The van der Waals surface area contributed by atoms with Crippen molar-refractivity contribution in [1.29, 1.82) is 0 Å². The molecule has 7 nitrogen and oxygen atoms in total. The molecule has 0 aliphatic carbocycles. The van der Waals surface area contributed by atoms with Gasteiger partial charge >= 0.3 is 0 Å². The van der Waals surface area contributed by atoms with Crippen molar-refractivity contribution < 1.29 is 14.3 Å². The van der Waals surface area contributed by atoms with E-state index in [2.05, 4.69) is 15.3 Å². The molecule has 1 N–H and O–H groups in total. The van der Waals surface area contributed by atoms with Gasteiger partial charge in [-0.2, -0.15) is 0 Å². The van der Waals surface area contributed by atoms with E-state index in [-0.39, 0.29) is 18.2 Å². The van der Waals surface area contributed by atoms with E-state index in [0.29, 0.717) is 31.9 Å². The number of carbonyl (C=O) groups is 2. The van der Waals surface area contributed by atoms with Gasteiger partial charge in [-0.25, -0.2) is 4.98 Å². The Morgan fingerprint density at radius 2 is 2.05 bits per heavy atom. The third-order valence-corrected chi connectivity index (χ3v) is 3.02. The van der Waals surface area contributed by atoms with Crippen LogP contribution in [0.4, 0.5) is 0 Å². The highest BCUT2D eigenvalue weighted by Crippen LogP contribution is 2.04. The number of aromatic nitrogens is 2. The maximum absolute atomic E-state index is 12.4. The van der Waals surface area contributed by atoms with Crippen LogP contribution in [0.5, 0.6) is 0 Å². The summed E-state index contributed by atoms with van der Waals surface area (Å²) in [5.41, 5.74) is 1.06. The van der Waals surface area contributed by atoms with Gasteiger partial charge in [0, 0.05) is 39.4 Å². The van der Waals surface area contributed by atoms with Crippen LogP contribution in [0.25, 0.3) is 0 Å². The number of nitrogens with zero attached hydrogens (tertiary/aromatic N) is 3. The van der Waals surface area contributed by atoms with Crippen LogP contribution in [0.3, 0.4) is 0 Å². The summed E-state index contributed by atoms with van der Waals surface area (Å²) in [5, 5.41) is 2.74. The van der Waals surface area contributed by atoms with Crippen molar-refractivity contribution in [3.63, 3.8) is 0 Å². The van der Waals surface area contributed by atoms with E-state index < -0.39 is 0 Å². The predicted octanol–water partition coefficient (Wildman–Crippen LogP) is 0.790. The van der Waals surface area contributed by atoms with Crippen LogP contribution in [-0.4, -0.2) is 60.0 Å². The number of nitrogens with one attached hydrogen (secondary N) is 1. The number of hydrogen-bond donors (Lipinski definition) is 1. The van der Waals surface area contributed by atoms with Gasteiger partial charge in [0.25, 0.3) is 5.91 Å². The second kappa shape index (κ2) is 9.83. The van der Waals surface area contributed by atoms with Crippen molar-refractivity contribution in [2.75, 3.05) is 33.4 Å². The Balaban J connectivity index is 2.55. The van der Waals surface area contributed by atoms with E-state index in [9.17, 15) is 9.59 Å². The molecule has 0 aliphatic rings. The summed E-state index contributed by atoms with van der Waals surface area (Å²) in [5.74, 6) is -0.292. The summed E-state index contributed by atoms with van der Waals surface area (Å²) in [6.45, 7) is 5.69. The van der Waals surface area contributed by atoms with Crippen LogP contribution in [0.1, 0.15) is 35.9 Å². The number of carbonyl (C=O) groups excluding carboxylic acids is 2. The van der Waals surface area contributed by atoms with Gasteiger partial charge in [-0.05, 0) is 13.3 Å². The lowest BCUT2D eigenvalue weighted by molar-refractivity contribution is -0.121. The van der Waals surface area contributed by atoms with Gasteiger partial charge in [0.1, 0.15) is 5.69 Å². The predicted molar refractivity (Wildman–Crippen MR) is 82.5 cm³/mol. The number of hydrogen-bond acceptors (Lipinski definition) is 5. The fourth-order valence-electron chi connectivity index (χ4n) is 1.87. The highest BCUT2D eigenvalue weighted by Gasteiger charge is 2.17. The molecule has 122 valence electrons. The van der Waals surface area contributed by atoms with E-state index in [1.165, 1.54) is 6.20 Å². The fraction of sp³-hybridized carbons (Fsp3) is 0.600. The third kappa shape index (κ3) is 6.17. The molecule has 1 aromatic rings. The molecule has 0 aromatic carbocycles. The Labute approximate surface area is 131 Å². The molecule has 0 bridgehead atoms. The van der Waals surface area contributed by atoms with E-state index >= 15 is 0 Å². The van der Waals surface area contributed by atoms with Crippen LogP contribution in [0.15, 0.2) is 12.4 Å². The first kappa shape index (κ1) is 18.0. The molecular formula is C15H24N4O3. The maximum Gasteiger partial charge on any atom is 0.274 e. The van der Waals surface area contributed by atoms with Crippen LogP contribution in [0.2, 0.25) is 0 Å². The molecule has 1 heterocycles. The molecule has 0 spiro atoms. The van der Waals surface area contributed by atoms with Crippen molar-refractivity contribution in [3.8, 4) is 0 Å². The second-order valence-electron chi connectivity index (χ2n) is 4.93. The largest absolute Gasteiger partial charge is 0.383 e. The van der Waals surface area contributed by atoms with Gasteiger partial charge in [-0.1, -0.05) is 6.92 Å². The minimum absolute atomic E-state index is 0.0963. The molecular weight excluding hydrogens is 284 g/mol. The number of ether oxygens (including phenoxy) is 1. The number of amides is 2. The Hall–Kier alpha value is -2.02. The SMILES string of the molecule is CCCN(CCC(=O)NCCOC)C(=O)c1cnc(C)cn1. The molecule has 0 atom stereocenters. The molecule has 0 fully saturated rings. The van der Waals surface area contributed by atoms with Crippen LogP contribution in [-0.2, 0) is 9.53 Å². The van der Waals surface area contributed by atoms with E-state index in [1.54, 1.807) is 18.2 Å². The van der Waals surface area contributed by atoms with Crippen molar-refractivity contribution in [1.82, 2.24) is 20.2 Å². The molecule has 0 radical (unpaired) electrons. The monoisotopic (exact) mass is 308 g/mol. The highest BCUT2D eigenvalue weighted by atomic mass is 16.5. The van der Waals surface area contributed by atoms with Gasteiger partial charge in [0.2, 0.25) is 5.91 Å². The summed E-state index contributed by atoms with van der Waals surface area (Å²) < 4.78 is 4.87. The fourth-order valence-corrected chi connectivity index (χ4v) is 1.87. The summed E-state index contributed by atoms with van der Waals surface area (Å²) in [6.07, 6.45) is 4.11. The zero-order valence-corrected chi connectivity index (χ0v) is 13.5. The minimum Gasteiger partial charge on any atom is -0.383 e. The van der Waals surface area contributed by atoms with Crippen LogP contribution in [0, 0.1) is 6.92 Å². The van der Waals surface area contributed by atoms with Crippen LogP contribution >= 0.6 is 0 Å². The van der Waals surface area contributed by atoms with E-state index in [4.69, 9.17) is 4.74 Å². The topological polar surface area (TPSA) is 84.4 Å². The lowest BCUT2D eigenvalue weighted by Crippen LogP contribution is -2.36. The average Bonchev–Trinajstić information content (AvgIpc) is 2.52. The first-order valence-electron chi connectivity index (χ1n) is 7.42. The van der Waals surface area contributed by atoms with Crippen molar-refractivity contribution in [2.45, 2.75) is 26.7 Å². The first-order chi connectivity index (χ1) is 10.6. The Bertz CT molecular complexity index is 476. The molecule has 7 heteroatoms. The van der Waals surface area contributed by atoms with E-state index in [1.807, 2.05) is 13.8 Å². The summed E-state index contributed by atoms with van der Waals surface area (Å²) in [6, 6.07) is 0. The highest BCUT2D eigenvalue weighted by molar-refractivity contribution is 5.92. The molecule has 0 saturated carbocycles. The zero-order chi connectivity index (χ0) is 16.4. The van der Waals surface area contributed by atoms with Crippen molar-refractivity contribution in [3.05, 3.63) is 23.8 Å². The van der Waals surface area contributed by atoms with Gasteiger partial charge in [-0.15, -0.1) is 0 Å². The normalized spacial score (nSPS) is 10.3. The summed E-state index contributed by atoms with van der Waals surface area (Å²) >= 11 is 0. The lowest BCUT2D eigenvalue weighted by Gasteiger charge is -2.21. The van der Waals surface area contributed by atoms with Gasteiger partial charge in [-0.3, -0.25) is 14.6 Å². The molecule has 2 amide bonds. The third-order valence-electron chi connectivity index (χ3n) is 3.02. The summed E-state index contributed by atoms with van der Waals surface area (Å²) in [7, 11) is 1.58. The number of rotatable bonds is 9. The summed E-state index contributed by atoms with van der Waals surface area (Å²) in [4.78, 5) is 33.9. The number of methoxy groups -OCH3 is 1. The Morgan fingerprint density at radius 1 is 1.27 bits per heavy atom. The molecule has 0 unspecified atom stereocenters. The van der Waals surface area contributed by atoms with E-state index in [0.717, 1.165) is 12.1 Å². The van der Waals surface area contributed by atoms with Crippen molar-refractivity contribution >= 4 is 11.8 Å². The van der Waals surface area contributed by atoms with Gasteiger partial charge < -0.3 is 15.0 Å². The minimum atomic E-state index is -0.195. The zero-order valence-electron chi connectivity index (χ0n) is 13.5.